The van der Waals surface area contributed by atoms with Crippen LogP contribution in [0.3, 0.4) is 0 Å². The molecule has 0 aliphatic rings. The van der Waals surface area contributed by atoms with E-state index in [0.29, 0.717) is 18.1 Å². The molecule has 0 amide bonds. The first-order valence-electron chi connectivity index (χ1n) is 5.33. The van der Waals surface area contributed by atoms with Crippen LogP contribution >= 0.6 is 0 Å². The maximum Gasteiger partial charge on any atom is 0.243 e. The van der Waals surface area contributed by atoms with Crippen LogP contribution in [0.15, 0.2) is 17.2 Å². The topological polar surface area (TPSA) is 74.2 Å². The number of ether oxygens (including phenoxy) is 1. The molecule has 5 heteroatoms. The number of rotatable bonds is 6. The third-order valence-electron chi connectivity index (χ3n) is 2.78. The molecular formula is C11H19N3O2. The summed E-state index contributed by atoms with van der Waals surface area (Å²) in [4.78, 5) is 4.27. The number of methoxy groups -OCH3 is 1. The van der Waals surface area contributed by atoms with Gasteiger partial charge in [-0.05, 0) is 19.8 Å². The van der Waals surface area contributed by atoms with Crippen LogP contribution in [0.4, 0.5) is 0 Å². The van der Waals surface area contributed by atoms with Crippen molar-refractivity contribution in [2.45, 2.75) is 38.3 Å². The van der Waals surface area contributed by atoms with Gasteiger partial charge < -0.3 is 15.0 Å². The molecule has 2 N–H and O–H groups in total. The van der Waals surface area contributed by atoms with Crippen LogP contribution in [0.5, 0.6) is 0 Å². The van der Waals surface area contributed by atoms with Gasteiger partial charge in [-0.15, -0.1) is 6.58 Å². The molecule has 16 heavy (non-hydrogen) atoms. The molecule has 0 aromatic carbocycles. The smallest absolute Gasteiger partial charge is 0.243 e. The minimum Gasteiger partial charge on any atom is -0.370 e. The minimum absolute atomic E-state index is 0.295. The molecular weight excluding hydrogens is 206 g/mol. The Hall–Kier alpha value is -1.20. The summed E-state index contributed by atoms with van der Waals surface area (Å²) in [7, 11) is 1.63. The Morgan fingerprint density at radius 2 is 2.38 bits per heavy atom. The molecule has 0 saturated carbocycles. The van der Waals surface area contributed by atoms with Gasteiger partial charge in [0.25, 0.3) is 0 Å². The molecule has 90 valence electrons. The van der Waals surface area contributed by atoms with Crippen molar-refractivity contribution >= 4 is 0 Å². The molecule has 0 saturated heterocycles. The molecule has 0 radical (unpaired) electrons. The Balaban J connectivity index is 2.89. The number of nitrogens with zero attached hydrogens (tertiary/aromatic N) is 2. The van der Waals surface area contributed by atoms with E-state index in [0.717, 1.165) is 6.42 Å². The van der Waals surface area contributed by atoms with E-state index in [1.54, 1.807) is 13.2 Å². The second-order valence-electron chi connectivity index (χ2n) is 3.88. The second kappa shape index (κ2) is 5.23. The van der Waals surface area contributed by atoms with Gasteiger partial charge in [0.1, 0.15) is 5.60 Å². The lowest BCUT2D eigenvalue weighted by atomic mass is 10.0. The van der Waals surface area contributed by atoms with Crippen LogP contribution in [-0.4, -0.2) is 17.3 Å². The highest BCUT2D eigenvalue weighted by Crippen LogP contribution is 2.26. The minimum atomic E-state index is -0.518. The van der Waals surface area contributed by atoms with Gasteiger partial charge in [-0.2, -0.15) is 4.98 Å². The number of aromatic nitrogens is 2. The zero-order chi connectivity index (χ0) is 12.2. The fraction of sp³-hybridized carbons (Fsp3) is 0.636. The highest BCUT2D eigenvalue weighted by Gasteiger charge is 2.30. The van der Waals surface area contributed by atoms with Crippen LogP contribution in [-0.2, 0) is 10.3 Å². The third-order valence-corrected chi connectivity index (χ3v) is 2.78. The van der Waals surface area contributed by atoms with Crippen molar-refractivity contribution < 1.29 is 9.26 Å². The van der Waals surface area contributed by atoms with Crippen molar-refractivity contribution in [3.63, 3.8) is 0 Å². The molecule has 0 fully saturated rings. The Morgan fingerprint density at radius 3 is 2.88 bits per heavy atom. The molecule has 2 unspecified atom stereocenters. The van der Waals surface area contributed by atoms with Crippen molar-refractivity contribution in [2.24, 2.45) is 5.73 Å². The zero-order valence-corrected chi connectivity index (χ0v) is 10.1. The van der Waals surface area contributed by atoms with Crippen molar-refractivity contribution in [3.05, 3.63) is 24.4 Å². The van der Waals surface area contributed by atoms with Gasteiger partial charge in [0.15, 0.2) is 0 Å². The SMILES string of the molecule is C=CCC(N)c1nc(C(C)(CC)OC)no1. The van der Waals surface area contributed by atoms with Crippen molar-refractivity contribution in [2.75, 3.05) is 7.11 Å². The molecule has 0 aliphatic heterocycles. The Labute approximate surface area is 95.7 Å². The van der Waals surface area contributed by atoms with Gasteiger partial charge in [0, 0.05) is 7.11 Å². The highest BCUT2D eigenvalue weighted by atomic mass is 16.5. The van der Waals surface area contributed by atoms with Crippen molar-refractivity contribution in [1.29, 1.82) is 0 Å². The molecule has 5 nitrogen and oxygen atoms in total. The molecule has 0 spiro atoms. The number of hydrogen-bond acceptors (Lipinski definition) is 5. The summed E-state index contributed by atoms with van der Waals surface area (Å²) < 4.78 is 10.5. The van der Waals surface area contributed by atoms with Crippen LogP contribution in [0, 0.1) is 0 Å². The lowest BCUT2D eigenvalue weighted by molar-refractivity contribution is -0.0106. The van der Waals surface area contributed by atoms with Gasteiger partial charge in [0.2, 0.25) is 11.7 Å². The Morgan fingerprint density at radius 1 is 1.69 bits per heavy atom. The van der Waals surface area contributed by atoms with E-state index in [1.807, 2.05) is 13.8 Å². The fourth-order valence-corrected chi connectivity index (χ4v) is 1.27. The fourth-order valence-electron chi connectivity index (χ4n) is 1.27. The quantitative estimate of drug-likeness (QED) is 0.748. The van der Waals surface area contributed by atoms with Crippen molar-refractivity contribution in [1.82, 2.24) is 10.1 Å². The predicted octanol–water partition coefficient (Wildman–Crippen LogP) is 1.92. The third kappa shape index (κ3) is 2.48. The molecule has 1 heterocycles. The monoisotopic (exact) mass is 225 g/mol. The van der Waals surface area contributed by atoms with Crippen LogP contribution in [0.1, 0.15) is 44.4 Å². The van der Waals surface area contributed by atoms with Crippen LogP contribution in [0.2, 0.25) is 0 Å². The lowest BCUT2D eigenvalue weighted by Gasteiger charge is -2.21. The van der Waals surface area contributed by atoms with E-state index in [1.165, 1.54) is 0 Å². The number of hydrogen-bond donors (Lipinski definition) is 1. The summed E-state index contributed by atoms with van der Waals surface area (Å²) in [6.07, 6.45) is 3.10. The van der Waals surface area contributed by atoms with Crippen molar-refractivity contribution in [3.8, 4) is 0 Å². The molecule has 2 atom stereocenters. The first kappa shape index (κ1) is 12.9. The molecule has 0 aliphatic carbocycles. The highest BCUT2D eigenvalue weighted by molar-refractivity contribution is 5.01. The van der Waals surface area contributed by atoms with E-state index in [9.17, 15) is 0 Å². The first-order valence-corrected chi connectivity index (χ1v) is 5.33. The standard InChI is InChI=1S/C11H19N3O2/c1-5-7-8(12)9-13-10(14-16-9)11(3,6-2)15-4/h5,8H,1,6-7,12H2,2-4H3. The summed E-state index contributed by atoms with van der Waals surface area (Å²) in [5.74, 6) is 0.957. The summed E-state index contributed by atoms with van der Waals surface area (Å²) in [5.41, 5.74) is 5.32. The summed E-state index contributed by atoms with van der Waals surface area (Å²) in [5, 5.41) is 3.91. The normalized spacial score (nSPS) is 16.8. The zero-order valence-electron chi connectivity index (χ0n) is 10.1. The van der Waals surface area contributed by atoms with E-state index < -0.39 is 5.60 Å². The van der Waals surface area contributed by atoms with Gasteiger partial charge >= 0.3 is 0 Å². The summed E-state index contributed by atoms with van der Waals surface area (Å²) >= 11 is 0. The van der Waals surface area contributed by atoms with Gasteiger partial charge in [-0.25, -0.2) is 0 Å². The average Bonchev–Trinajstić information content (AvgIpc) is 2.78. The maximum atomic E-state index is 5.84. The Kier molecular flexibility index (Phi) is 4.20. The number of nitrogens with two attached hydrogens (primary N) is 1. The predicted molar refractivity (Wildman–Crippen MR) is 60.7 cm³/mol. The maximum absolute atomic E-state index is 5.84. The van der Waals surface area contributed by atoms with Crippen LogP contribution < -0.4 is 5.73 Å². The van der Waals surface area contributed by atoms with Gasteiger partial charge in [0.05, 0.1) is 6.04 Å². The van der Waals surface area contributed by atoms with E-state index in [4.69, 9.17) is 15.0 Å². The van der Waals surface area contributed by atoms with E-state index >= 15 is 0 Å². The average molecular weight is 225 g/mol. The first-order chi connectivity index (χ1) is 7.57. The molecule has 1 aromatic rings. The Bertz CT molecular complexity index is 345. The van der Waals surface area contributed by atoms with E-state index in [2.05, 4.69) is 16.7 Å². The van der Waals surface area contributed by atoms with Crippen LogP contribution in [0.25, 0.3) is 0 Å². The van der Waals surface area contributed by atoms with Gasteiger partial charge in [-0.1, -0.05) is 18.2 Å². The van der Waals surface area contributed by atoms with Gasteiger partial charge in [-0.3, -0.25) is 0 Å². The molecule has 0 bridgehead atoms. The second-order valence-corrected chi connectivity index (χ2v) is 3.88. The summed E-state index contributed by atoms with van der Waals surface area (Å²) in [6, 6.07) is -0.295. The van der Waals surface area contributed by atoms with E-state index in [-0.39, 0.29) is 6.04 Å². The largest absolute Gasteiger partial charge is 0.370 e. The lowest BCUT2D eigenvalue weighted by Crippen LogP contribution is -2.25. The summed E-state index contributed by atoms with van der Waals surface area (Å²) in [6.45, 7) is 7.54. The molecule has 1 aromatic heterocycles. The molecule has 1 rings (SSSR count).